The summed E-state index contributed by atoms with van der Waals surface area (Å²) in [7, 11) is 0. The van der Waals surface area contributed by atoms with Crippen LogP contribution in [0.5, 0.6) is 0 Å². The lowest BCUT2D eigenvalue weighted by atomic mass is 9.98. The number of halogens is 2. The van der Waals surface area contributed by atoms with E-state index < -0.39 is 11.6 Å². The summed E-state index contributed by atoms with van der Waals surface area (Å²) in [5.74, 6) is -0.295. The van der Waals surface area contributed by atoms with Crippen LogP contribution in [0, 0.1) is 11.6 Å². The fourth-order valence-electron chi connectivity index (χ4n) is 2.32. The van der Waals surface area contributed by atoms with Gasteiger partial charge in [0.05, 0.1) is 6.04 Å². The summed E-state index contributed by atoms with van der Waals surface area (Å²) in [5.41, 5.74) is 2.52. The van der Waals surface area contributed by atoms with Crippen LogP contribution in [0.25, 0.3) is 0 Å². The third-order valence-corrected chi connectivity index (χ3v) is 3.90. The highest BCUT2D eigenvalue weighted by atomic mass is 19.1. The Labute approximate surface area is 125 Å². The molecule has 2 atom stereocenters. The molecule has 3 heteroatoms. The first-order chi connectivity index (χ1) is 10.0. The zero-order valence-electron chi connectivity index (χ0n) is 12.7. The van der Waals surface area contributed by atoms with Crippen LogP contribution in [-0.4, -0.2) is 0 Å². The lowest BCUT2D eigenvalue weighted by Gasteiger charge is -2.17. The van der Waals surface area contributed by atoms with Crippen molar-refractivity contribution in [3.63, 3.8) is 0 Å². The topological polar surface area (TPSA) is 12.0 Å². The van der Waals surface area contributed by atoms with Crippen LogP contribution in [0.15, 0.2) is 42.5 Å². The van der Waals surface area contributed by atoms with E-state index in [4.69, 9.17) is 0 Å². The van der Waals surface area contributed by atoms with Crippen LogP contribution in [-0.2, 0) is 0 Å². The molecule has 0 radical (unpaired) electrons. The Morgan fingerprint density at radius 3 is 2.29 bits per heavy atom. The Hall–Kier alpha value is -1.90. The first-order valence-electron chi connectivity index (χ1n) is 7.32. The van der Waals surface area contributed by atoms with Crippen molar-refractivity contribution in [3.05, 3.63) is 65.2 Å². The molecule has 2 unspecified atom stereocenters. The summed E-state index contributed by atoms with van der Waals surface area (Å²) in [4.78, 5) is 0. The van der Waals surface area contributed by atoms with E-state index in [0.29, 0.717) is 11.5 Å². The lowest BCUT2D eigenvalue weighted by molar-refractivity contribution is 0.577. The van der Waals surface area contributed by atoms with Crippen molar-refractivity contribution < 1.29 is 8.78 Å². The molecule has 0 saturated carbocycles. The van der Waals surface area contributed by atoms with E-state index in [-0.39, 0.29) is 6.04 Å². The second-order valence-electron chi connectivity index (χ2n) is 5.46. The highest BCUT2D eigenvalue weighted by Crippen LogP contribution is 2.25. The van der Waals surface area contributed by atoms with Crippen molar-refractivity contribution in [3.8, 4) is 0 Å². The molecule has 2 aromatic carbocycles. The normalized spacial score (nSPS) is 13.8. The Bertz CT molecular complexity index is 593. The first-order valence-corrected chi connectivity index (χ1v) is 7.32. The smallest absolute Gasteiger partial charge is 0.128 e. The monoisotopic (exact) mass is 289 g/mol. The Kier molecular flexibility index (Phi) is 4.94. The maximum atomic E-state index is 13.7. The standard InChI is InChI=1S/C18H21F2N/c1-4-12(2)14-5-8-16(9-6-14)21-13(3)17-11-15(19)7-10-18(17)20/h5-13,21H,4H2,1-3H3. The lowest BCUT2D eigenvalue weighted by Crippen LogP contribution is -2.09. The van der Waals surface area contributed by atoms with Gasteiger partial charge in [0.15, 0.2) is 0 Å². The average molecular weight is 289 g/mol. The quantitative estimate of drug-likeness (QED) is 0.749. The van der Waals surface area contributed by atoms with Crippen molar-refractivity contribution in [2.45, 2.75) is 39.2 Å². The van der Waals surface area contributed by atoms with Gasteiger partial charge in [0.1, 0.15) is 11.6 Å². The summed E-state index contributed by atoms with van der Waals surface area (Å²) in [6.07, 6.45) is 1.09. The van der Waals surface area contributed by atoms with Crippen LogP contribution < -0.4 is 5.32 Å². The summed E-state index contributed by atoms with van der Waals surface area (Å²) in [6.45, 7) is 6.17. The van der Waals surface area contributed by atoms with Gasteiger partial charge in [0, 0.05) is 11.3 Å². The largest absolute Gasteiger partial charge is 0.378 e. The van der Waals surface area contributed by atoms with Crippen molar-refractivity contribution >= 4 is 5.69 Å². The van der Waals surface area contributed by atoms with E-state index in [2.05, 4.69) is 31.3 Å². The molecule has 0 aromatic heterocycles. The average Bonchev–Trinajstić information content (AvgIpc) is 2.49. The van der Waals surface area contributed by atoms with Gasteiger partial charge in [-0.25, -0.2) is 8.78 Å². The predicted molar refractivity (Wildman–Crippen MR) is 83.5 cm³/mol. The van der Waals surface area contributed by atoms with Crippen LogP contribution in [0.2, 0.25) is 0 Å². The van der Waals surface area contributed by atoms with E-state index in [1.54, 1.807) is 0 Å². The Balaban J connectivity index is 2.12. The number of anilines is 1. The second-order valence-corrected chi connectivity index (χ2v) is 5.46. The third-order valence-electron chi connectivity index (χ3n) is 3.90. The molecule has 0 bridgehead atoms. The molecule has 0 aliphatic rings. The summed E-state index contributed by atoms with van der Waals surface area (Å²) in [6, 6.07) is 11.3. The minimum absolute atomic E-state index is 0.296. The van der Waals surface area contributed by atoms with Gasteiger partial charge in [-0.3, -0.25) is 0 Å². The highest BCUT2D eigenvalue weighted by Gasteiger charge is 2.12. The van der Waals surface area contributed by atoms with E-state index in [9.17, 15) is 8.78 Å². The molecular weight excluding hydrogens is 268 g/mol. The molecule has 0 amide bonds. The van der Waals surface area contributed by atoms with Gasteiger partial charge in [-0.1, -0.05) is 26.0 Å². The number of rotatable bonds is 5. The number of benzene rings is 2. The molecule has 0 aliphatic carbocycles. The van der Waals surface area contributed by atoms with E-state index >= 15 is 0 Å². The number of nitrogens with one attached hydrogen (secondary N) is 1. The molecule has 21 heavy (non-hydrogen) atoms. The van der Waals surface area contributed by atoms with Crippen molar-refractivity contribution in [2.24, 2.45) is 0 Å². The molecule has 2 aromatic rings. The maximum Gasteiger partial charge on any atom is 0.128 e. The van der Waals surface area contributed by atoms with Crippen LogP contribution in [0.1, 0.15) is 50.3 Å². The minimum Gasteiger partial charge on any atom is -0.378 e. The maximum absolute atomic E-state index is 13.7. The fraction of sp³-hybridized carbons (Fsp3) is 0.333. The number of hydrogen-bond acceptors (Lipinski definition) is 1. The van der Waals surface area contributed by atoms with Crippen LogP contribution in [0.3, 0.4) is 0 Å². The van der Waals surface area contributed by atoms with E-state index in [1.807, 2.05) is 19.1 Å². The molecular formula is C18H21F2N. The Morgan fingerprint density at radius 1 is 1.00 bits per heavy atom. The molecule has 112 valence electrons. The van der Waals surface area contributed by atoms with Crippen molar-refractivity contribution in [2.75, 3.05) is 5.32 Å². The van der Waals surface area contributed by atoms with E-state index in [0.717, 1.165) is 24.2 Å². The summed E-state index contributed by atoms with van der Waals surface area (Å²) >= 11 is 0. The molecule has 2 rings (SSSR count). The summed E-state index contributed by atoms with van der Waals surface area (Å²) in [5, 5.41) is 3.20. The van der Waals surface area contributed by atoms with E-state index in [1.165, 1.54) is 11.6 Å². The highest BCUT2D eigenvalue weighted by molar-refractivity contribution is 5.47. The predicted octanol–water partition coefficient (Wildman–Crippen LogP) is 5.65. The van der Waals surface area contributed by atoms with Crippen LogP contribution in [0.4, 0.5) is 14.5 Å². The van der Waals surface area contributed by atoms with Gasteiger partial charge in [-0.2, -0.15) is 0 Å². The van der Waals surface area contributed by atoms with Gasteiger partial charge in [-0.05, 0) is 55.2 Å². The van der Waals surface area contributed by atoms with Crippen molar-refractivity contribution in [1.82, 2.24) is 0 Å². The van der Waals surface area contributed by atoms with Gasteiger partial charge in [-0.15, -0.1) is 0 Å². The third kappa shape index (κ3) is 3.81. The zero-order valence-corrected chi connectivity index (χ0v) is 12.7. The molecule has 1 N–H and O–H groups in total. The van der Waals surface area contributed by atoms with Gasteiger partial charge < -0.3 is 5.32 Å². The molecule has 1 nitrogen and oxygen atoms in total. The molecule has 0 saturated heterocycles. The molecule has 0 aliphatic heterocycles. The first kappa shape index (κ1) is 15.5. The summed E-state index contributed by atoms with van der Waals surface area (Å²) < 4.78 is 27.0. The molecule has 0 spiro atoms. The van der Waals surface area contributed by atoms with Crippen molar-refractivity contribution in [1.29, 1.82) is 0 Å². The van der Waals surface area contributed by atoms with Gasteiger partial charge >= 0.3 is 0 Å². The second kappa shape index (κ2) is 6.70. The van der Waals surface area contributed by atoms with Gasteiger partial charge in [0.25, 0.3) is 0 Å². The Morgan fingerprint density at radius 2 is 1.67 bits per heavy atom. The molecule has 0 fully saturated rings. The van der Waals surface area contributed by atoms with Crippen LogP contribution >= 0.6 is 0 Å². The minimum atomic E-state index is -0.424. The fourth-order valence-corrected chi connectivity index (χ4v) is 2.32. The van der Waals surface area contributed by atoms with Gasteiger partial charge in [0.2, 0.25) is 0 Å². The number of hydrogen-bond donors (Lipinski definition) is 1. The SMILES string of the molecule is CCC(C)c1ccc(NC(C)c2cc(F)ccc2F)cc1. The molecule has 0 heterocycles. The zero-order chi connectivity index (χ0) is 15.4.